The quantitative estimate of drug-likeness (QED) is 0.190. The molecule has 1 aliphatic heterocycles. The van der Waals surface area contributed by atoms with E-state index >= 15 is 0 Å². The lowest BCUT2D eigenvalue weighted by Gasteiger charge is -2.35. The van der Waals surface area contributed by atoms with Crippen LogP contribution in [0.4, 0.5) is 5.69 Å². The SMILES string of the molecule is C=C(B(c1cc(C(C)(C)C)ccc1C)c1cc2c(cc1C(C)C)N(C1=C(C)CCC=C1C)/C=C\C(C(C)(C)C)=C/C2)/C(C)=C\C(=C/C)C(C)(C)C.C=CC1=C(/C=C\C)C(C)(C)C2=CC3CC3C=C21.CCC(C)(C)C.CCC(C)=CN. The summed E-state index contributed by atoms with van der Waals surface area (Å²) in [4.78, 5) is 2.52. The molecule has 0 spiro atoms. The first-order valence-corrected chi connectivity index (χ1v) is 30.7. The maximum Gasteiger partial charge on any atom is 0.241 e. The molecular formula is C77H113BN2. The van der Waals surface area contributed by atoms with Crippen LogP contribution >= 0.6 is 0 Å². The van der Waals surface area contributed by atoms with Gasteiger partial charge in [-0.25, -0.2) is 0 Å². The van der Waals surface area contributed by atoms with Gasteiger partial charge in [0.15, 0.2) is 0 Å². The van der Waals surface area contributed by atoms with Crippen molar-refractivity contribution in [1.29, 1.82) is 0 Å². The maximum atomic E-state index is 5.12. The average Bonchev–Trinajstić information content (AvgIpc) is 4.10. The number of allylic oxidation sites excluding steroid dienone is 21. The fraction of sp³-hybridized carbons (Fsp3) is 0.506. The van der Waals surface area contributed by atoms with E-state index < -0.39 is 0 Å². The summed E-state index contributed by atoms with van der Waals surface area (Å²) in [7, 11) is 0. The van der Waals surface area contributed by atoms with Gasteiger partial charge in [-0.1, -0.05) is 250 Å². The van der Waals surface area contributed by atoms with E-state index in [1.807, 2.05) is 13.0 Å². The van der Waals surface area contributed by atoms with Crippen molar-refractivity contribution in [3.05, 3.63) is 206 Å². The molecule has 4 aliphatic carbocycles. The number of benzene rings is 2. The zero-order valence-corrected chi connectivity index (χ0v) is 55.8. The second-order valence-corrected chi connectivity index (χ2v) is 28.9. The van der Waals surface area contributed by atoms with Gasteiger partial charge in [-0.05, 0) is 200 Å². The molecule has 2 atom stereocenters. The summed E-state index contributed by atoms with van der Waals surface area (Å²) in [6, 6.07) is 12.2. The summed E-state index contributed by atoms with van der Waals surface area (Å²) in [5, 5.41) is 0. The van der Waals surface area contributed by atoms with E-state index in [4.69, 9.17) is 12.3 Å². The van der Waals surface area contributed by atoms with Gasteiger partial charge in [-0.15, -0.1) is 6.58 Å². The van der Waals surface area contributed by atoms with Crippen molar-refractivity contribution < 1.29 is 0 Å². The van der Waals surface area contributed by atoms with E-state index in [0.717, 1.165) is 37.5 Å². The highest BCUT2D eigenvalue weighted by atomic mass is 15.1. The summed E-state index contributed by atoms with van der Waals surface area (Å²) in [6.45, 7) is 65.7. The van der Waals surface area contributed by atoms with E-state index in [2.05, 4.69) is 269 Å². The Bertz CT molecular complexity index is 2930. The van der Waals surface area contributed by atoms with Gasteiger partial charge in [0.25, 0.3) is 0 Å². The summed E-state index contributed by atoms with van der Waals surface area (Å²) < 4.78 is 0. The number of rotatable bonds is 10. The van der Waals surface area contributed by atoms with Gasteiger partial charge in [0.1, 0.15) is 0 Å². The van der Waals surface area contributed by atoms with E-state index in [1.54, 1.807) is 6.20 Å². The molecule has 80 heavy (non-hydrogen) atoms. The molecule has 1 saturated carbocycles. The van der Waals surface area contributed by atoms with Gasteiger partial charge in [0.2, 0.25) is 6.71 Å². The number of hydrogen-bond acceptors (Lipinski definition) is 2. The van der Waals surface area contributed by atoms with Crippen LogP contribution < -0.4 is 21.6 Å². The molecule has 5 aliphatic rings. The highest BCUT2D eigenvalue weighted by Gasteiger charge is 2.46. The molecule has 0 radical (unpaired) electrons. The fourth-order valence-electron chi connectivity index (χ4n) is 11.2. The van der Waals surface area contributed by atoms with Gasteiger partial charge in [-0.3, -0.25) is 0 Å². The van der Waals surface area contributed by atoms with Crippen molar-refractivity contribution in [3.8, 4) is 0 Å². The Morgan fingerprint density at radius 2 is 1.49 bits per heavy atom. The van der Waals surface area contributed by atoms with Crippen LogP contribution in [0.1, 0.15) is 226 Å². The lowest BCUT2D eigenvalue weighted by molar-refractivity contribution is 0.398. The number of nitrogens with zero attached hydrogens (tertiary/aromatic N) is 1. The van der Waals surface area contributed by atoms with Crippen molar-refractivity contribution in [1.82, 2.24) is 0 Å². The van der Waals surface area contributed by atoms with Crippen LogP contribution in [0.25, 0.3) is 0 Å². The summed E-state index contributed by atoms with van der Waals surface area (Å²) in [5.74, 6) is 1.96. The molecule has 0 saturated heterocycles. The van der Waals surface area contributed by atoms with Crippen LogP contribution in [0.5, 0.6) is 0 Å². The first-order chi connectivity index (χ1) is 37.0. The van der Waals surface area contributed by atoms with Gasteiger partial charge in [0, 0.05) is 23.0 Å². The highest BCUT2D eigenvalue weighted by molar-refractivity contribution is 6.92. The molecule has 2 aromatic rings. The lowest BCUT2D eigenvalue weighted by atomic mass is 9.33. The molecule has 2 nitrogen and oxygen atoms in total. The second kappa shape index (κ2) is 27.2. The van der Waals surface area contributed by atoms with Crippen LogP contribution in [-0.4, -0.2) is 6.71 Å². The minimum Gasteiger partial charge on any atom is -0.405 e. The minimum atomic E-state index is 0.0158. The van der Waals surface area contributed by atoms with Crippen molar-refractivity contribution in [2.45, 2.75) is 223 Å². The standard InChI is InChI=1S/C49H68BN.C17H20.C6H14.C5H11N/c1-18-39(47(9,10)11)28-36(7)37(8)50(43-30-41(49(15,16)17)24-22-33(43)4)44-29-38-23-25-40(48(12,13)14)26-27-51(45(38)31-42(44)32(2)3)46-34(5)20-19-21-35(46)6;1-5-7-15-13(6-2)14-9-11-8-12(11)10-16(14)17(15,3)4;1-5-6(2,3)4;1-3-5(2)4-6/h18,20,22,24-32H,8,19,21,23H2,1-7,9-17H3;5-7,9-12H,2,8H2,1,3-4H3;5H2,1-4H3;4H,3,6H2,1-2H3/b27-26-,36-28-,39-18+,40-25+;7-5-;;. The molecule has 434 valence electrons. The molecule has 0 aromatic heterocycles. The molecule has 0 amide bonds. The monoisotopic (exact) mass is 1080 g/mol. The Morgan fingerprint density at radius 1 is 0.863 bits per heavy atom. The Kier molecular flexibility index (Phi) is 22.9. The van der Waals surface area contributed by atoms with Crippen LogP contribution in [0.2, 0.25) is 0 Å². The van der Waals surface area contributed by atoms with E-state index in [1.165, 1.54) is 119 Å². The van der Waals surface area contributed by atoms with Crippen LogP contribution in [0, 0.1) is 40.4 Å². The third kappa shape index (κ3) is 16.7. The van der Waals surface area contributed by atoms with Crippen molar-refractivity contribution in [2.75, 3.05) is 4.90 Å². The predicted octanol–water partition coefficient (Wildman–Crippen LogP) is 21.2. The van der Waals surface area contributed by atoms with Gasteiger partial charge >= 0.3 is 0 Å². The molecule has 1 fully saturated rings. The largest absolute Gasteiger partial charge is 0.405 e. The summed E-state index contributed by atoms with van der Waals surface area (Å²) >= 11 is 0. The predicted molar refractivity (Wildman–Crippen MR) is 362 cm³/mol. The highest BCUT2D eigenvalue weighted by Crippen LogP contribution is 2.58. The third-order valence-corrected chi connectivity index (χ3v) is 17.4. The molecular weight excluding hydrogens is 964 g/mol. The zero-order valence-electron chi connectivity index (χ0n) is 55.8. The zero-order chi connectivity index (χ0) is 60.6. The number of fused-ring (bicyclic) bond motifs is 3. The maximum absolute atomic E-state index is 5.12. The van der Waals surface area contributed by atoms with Gasteiger partial charge in [-0.2, -0.15) is 0 Å². The van der Waals surface area contributed by atoms with Crippen molar-refractivity contribution >= 4 is 23.3 Å². The Morgan fingerprint density at radius 3 is 1.98 bits per heavy atom. The molecule has 0 bridgehead atoms. The molecule has 2 N–H and O–H groups in total. The van der Waals surface area contributed by atoms with Crippen LogP contribution in [0.3, 0.4) is 0 Å². The Labute approximate surface area is 493 Å². The number of nitrogens with two attached hydrogens (primary N) is 1. The minimum absolute atomic E-state index is 0.0158. The lowest BCUT2D eigenvalue weighted by Crippen LogP contribution is -2.48. The summed E-state index contributed by atoms with van der Waals surface area (Å²) in [6.07, 6.45) is 34.1. The smallest absolute Gasteiger partial charge is 0.241 e. The normalized spacial score (nSPS) is 20.4. The van der Waals surface area contributed by atoms with Gasteiger partial charge < -0.3 is 10.6 Å². The number of hydrogen-bond donors (Lipinski definition) is 1. The summed E-state index contributed by atoms with van der Waals surface area (Å²) in [5.41, 5.74) is 31.7. The van der Waals surface area contributed by atoms with Gasteiger partial charge in [0.05, 0.1) is 0 Å². The second-order valence-electron chi connectivity index (χ2n) is 28.9. The molecule has 2 aromatic carbocycles. The molecule has 1 heterocycles. The average molecular weight is 1080 g/mol. The third-order valence-electron chi connectivity index (χ3n) is 17.4. The number of anilines is 1. The Balaban J connectivity index is 0.000000382. The van der Waals surface area contributed by atoms with Crippen molar-refractivity contribution in [2.24, 2.45) is 39.2 Å². The molecule has 3 heteroatoms. The first-order valence-electron chi connectivity index (χ1n) is 30.7. The fourth-order valence-corrected chi connectivity index (χ4v) is 11.2. The van der Waals surface area contributed by atoms with E-state index in [-0.39, 0.29) is 28.4 Å². The van der Waals surface area contributed by atoms with Crippen molar-refractivity contribution in [3.63, 3.8) is 0 Å². The Hall–Kier alpha value is -5.28. The first kappa shape index (κ1) is 67.2. The molecule has 7 rings (SSSR count). The number of aryl methyl sites for hydroxylation is 1. The molecule has 2 unspecified atom stereocenters. The van der Waals surface area contributed by atoms with E-state index in [9.17, 15) is 0 Å². The van der Waals surface area contributed by atoms with E-state index in [0.29, 0.717) is 11.3 Å². The van der Waals surface area contributed by atoms with Crippen LogP contribution in [-0.2, 0) is 11.8 Å². The topological polar surface area (TPSA) is 29.3 Å². The van der Waals surface area contributed by atoms with Crippen LogP contribution in [0.15, 0.2) is 184 Å².